The highest BCUT2D eigenvalue weighted by Crippen LogP contribution is 2.25. The highest BCUT2D eigenvalue weighted by atomic mass is 32.1. The zero-order chi connectivity index (χ0) is 15.6. The van der Waals surface area contributed by atoms with Crippen molar-refractivity contribution in [2.45, 2.75) is 37.5 Å². The van der Waals surface area contributed by atoms with E-state index in [4.69, 9.17) is 9.47 Å². The highest BCUT2D eigenvalue weighted by molar-refractivity contribution is 7.10. The van der Waals surface area contributed by atoms with Gasteiger partial charge in [-0.15, -0.1) is 11.3 Å². The number of likely N-dealkylation sites (tertiary alicyclic amines) is 1. The third kappa shape index (κ3) is 3.45. The Morgan fingerprint density at radius 2 is 2.26 bits per heavy atom. The first-order chi connectivity index (χ1) is 11.3. The van der Waals surface area contributed by atoms with Crippen molar-refractivity contribution in [1.29, 1.82) is 0 Å². The molecule has 3 saturated heterocycles. The Labute approximate surface area is 141 Å². The standard InChI is InChI=1S/C17H24N2O3S/c20-17(9-14-4-2-8-23-14)19-11-15-16(12-19)22-7-5-18(15)10-13-3-1-6-21-13/h2,4,8,13,15-16H,1,3,5-7,9-12H2/t13?,15-,16+/m1/s1. The lowest BCUT2D eigenvalue weighted by Gasteiger charge is -2.37. The third-order valence-electron chi connectivity index (χ3n) is 5.14. The van der Waals surface area contributed by atoms with Gasteiger partial charge in [0.05, 0.1) is 31.3 Å². The summed E-state index contributed by atoms with van der Waals surface area (Å²) in [6.07, 6.45) is 3.38. The van der Waals surface area contributed by atoms with Crippen LogP contribution in [0.25, 0.3) is 0 Å². The molecule has 0 N–H and O–H groups in total. The number of hydrogen-bond donors (Lipinski definition) is 0. The SMILES string of the molecule is O=C(Cc1cccs1)N1C[C@@H]2OCCN(CC3CCCO3)[C@@H]2C1. The second-order valence-corrected chi connectivity index (χ2v) is 7.69. The Morgan fingerprint density at radius 3 is 3.04 bits per heavy atom. The van der Waals surface area contributed by atoms with E-state index in [0.717, 1.165) is 50.7 Å². The van der Waals surface area contributed by atoms with Gasteiger partial charge in [-0.3, -0.25) is 9.69 Å². The minimum absolute atomic E-state index is 0.164. The van der Waals surface area contributed by atoms with Gasteiger partial charge in [0.1, 0.15) is 0 Å². The van der Waals surface area contributed by atoms with Crippen molar-refractivity contribution >= 4 is 17.2 Å². The lowest BCUT2D eigenvalue weighted by molar-refractivity contribution is -0.129. The van der Waals surface area contributed by atoms with Gasteiger partial charge in [-0.2, -0.15) is 0 Å². The van der Waals surface area contributed by atoms with Gasteiger partial charge in [-0.25, -0.2) is 0 Å². The van der Waals surface area contributed by atoms with Crippen LogP contribution in [0, 0.1) is 0 Å². The average molecular weight is 336 g/mol. The zero-order valence-corrected chi connectivity index (χ0v) is 14.2. The number of carbonyl (C=O) groups excluding carboxylic acids is 1. The van der Waals surface area contributed by atoms with E-state index in [-0.39, 0.29) is 12.0 Å². The summed E-state index contributed by atoms with van der Waals surface area (Å²) in [5, 5.41) is 2.03. The van der Waals surface area contributed by atoms with Crippen LogP contribution in [-0.4, -0.2) is 73.3 Å². The van der Waals surface area contributed by atoms with Crippen molar-refractivity contribution in [3.05, 3.63) is 22.4 Å². The Morgan fingerprint density at radius 1 is 1.30 bits per heavy atom. The van der Waals surface area contributed by atoms with Crippen molar-refractivity contribution in [2.24, 2.45) is 0 Å². The predicted octanol–water partition coefficient (Wildman–Crippen LogP) is 1.38. The maximum atomic E-state index is 12.5. The number of ether oxygens (including phenoxy) is 2. The molecule has 1 aromatic heterocycles. The van der Waals surface area contributed by atoms with E-state index in [2.05, 4.69) is 4.90 Å². The van der Waals surface area contributed by atoms with Gasteiger partial charge in [0.2, 0.25) is 5.91 Å². The minimum atomic E-state index is 0.164. The number of carbonyl (C=O) groups is 1. The molecule has 3 fully saturated rings. The van der Waals surface area contributed by atoms with Gasteiger partial charge in [-0.1, -0.05) is 6.07 Å². The molecule has 0 aliphatic carbocycles. The number of thiophene rings is 1. The summed E-state index contributed by atoms with van der Waals surface area (Å²) in [5.74, 6) is 0.225. The van der Waals surface area contributed by atoms with Gasteiger partial charge in [-0.05, 0) is 24.3 Å². The molecule has 0 spiro atoms. The first kappa shape index (κ1) is 15.6. The molecule has 1 aromatic rings. The van der Waals surface area contributed by atoms with Crippen molar-refractivity contribution < 1.29 is 14.3 Å². The Bertz CT molecular complexity index is 530. The molecule has 0 bridgehead atoms. The smallest absolute Gasteiger partial charge is 0.227 e. The zero-order valence-electron chi connectivity index (χ0n) is 13.4. The number of hydrogen-bond acceptors (Lipinski definition) is 5. The molecular formula is C17H24N2O3S. The molecule has 3 aliphatic rings. The maximum Gasteiger partial charge on any atom is 0.227 e. The Balaban J connectivity index is 1.37. The summed E-state index contributed by atoms with van der Waals surface area (Å²) < 4.78 is 11.7. The van der Waals surface area contributed by atoms with E-state index in [1.165, 1.54) is 6.42 Å². The molecule has 4 heterocycles. The Kier molecular flexibility index (Phi) is 4.66. The van der Waals surface area contributed by atoms with E-state index in [1.807, 2.05) is 22.4 Å². The molecule has 1 unspecified atom stereocenters. The van der Waals surface area contributed by atoms with Crippen molar-refractivity contribution in [3.8, 4) is 0 Å². The van der Waals surface area contributed by atoms with Crippen LogP contribution in [0.2, 0.25) is 0 Å². The minimum Gasteiger partial charge on any atom is -0.377 e. The quantitative estimate of drug-likeness (QED) is 0.833. The molecule has 6 heteroatoms. The second-order valence-electron chi connectivity index (χ2n) is 6.66. The topological polar surface area (TPSA) is 42.0 Å². The van der Waals surface area contributed by atoms with Crippen molar-refractivity contribution in [3.63, 3.8) is 0 Å². The summed E-state index contributed by atoms with van der Waals surface area (Å²) in [6.45, 7) is 5.12. The monoisotopic (exact) mass is 336 g/mol. The van der Waals surface area contributed by atoms with E-state index >= 15 is 0 Å². The predicted molar refractivity (Wildman–Crippen MR) is 88.7 cm³/mol. The molecule has 0 aromatic carbocycles. The summed E-state index contributed by atoms with van der Waals surface area (Å²) in [7, 11) is 0. The number of morpholine rings is 1. The van der Waals surface area contributed by atoms with Crippen LogP contribution in [-0.2, 0) is 20.7 Å². The summed E-state index contributed by atoms with van der Waals surface area (Å²) in [6, 6.07) is 4.37. The summed E-state index contributed by atoms with van der Waals surface area (Å²) in [4.78, 5) is 18.2. The van der Waals surface area contributed by atoms with Crippen LogP contribution in [0.3, 0.4) is 0 Å². The second kappa shape index (κ2) is 6.89. The average Bonchev–Trinajstić information content (AvgIpc) is 3.28. The highest BCUT2D eigenvalue weighted by Gasteiger charge is 2.42. The Hall–Kier alpha value is -0.950. The lowest BCUT2D eigenvalue weighted by atomic mass is 10.1. The normalized spacial score (nSPS) is 31.5. The fourth-order valence-electron chi connectivity index (χ4n) is 3.91. The fourth-order valence-corrected chi connectivity index (χ4v) is 4.61. The largest absolute Gasteiger partial charge is 0.377 e. The number of rotatable bonds is 4. The first-order valence-corrected chi connectivity index (χ1v) is 9.45. The van der Waals surface area contributed by atoms with E-state index in [1.54, 1.807) is 11.3 Å². The van der Waals surface area contributed by atoms with Gasteiger partial charge in [0.15, 0.2) is 0 Å². The van der Waals surface area contributed by atoms with Crippen LogP contribution in [0.1, 0.15) is 17.7 Å². The molecule has 0 saturated carbocycles. The van der Waals surface area contributed by atoms with Crippen LogP contribution in [0.5, 0.6) is 0 Å². The van der Waals surface area contributed by atoms with Crippen molar-refractivity contribution in [1.82, 2.24) is 9.80 Å². The maximum absolute atomic E-state index is 12.5. The number of amides is 1. The molecule has 3 aliphatic heterocycles. The molecule has 126 valence electrons. The van der Waals surface area contributed by atoms with Gasteiger partial charge >= 0.3 is 0 Å². The number of fused-ring (bicyclic) bond motifs is 1. The number of nitrogens with zero attached hydrogens (tertiary/aromatic N) is 2. The van der Waals surface area contributed by atoms with Crippen LogP contribution < -0.4 is 0 Å². The van der Waals surface area contributed by atoms with Crippen molar-refractivity contribution in [2.75, 3.05) is 39.4 Å². The van der Waals surface area contributed by atoms with Gasteiger partial charge < -0.3 is 14.4 Å². The van der Waals surface area contributed by atoms with Crippen LogP contribution in [0.4, 0.5) is 0 Å². The molecule has 4 rings (SSSR count). The first-order valence-electron chi connectivity index (χ1n) is 8.57. The van der Waals surface area contributed by atoms with Gasteiger partial charge in [0.25, 0.3) is 0 Å². The van der Waals surface area contributed by atoms with E-state index in [9.17, 15) is 4.79 Å². The molecular weight excluding hydrogens is 312 g/mol. The molecule has 3 atom stereocenters. The van der Waals surface area contributed by atoms with Crippen LogP contribution in [0.15, 0.2) is 17.5 Å². The summed E-state index contributed by atoms with van der Waals surface area (Å²) >= 11 is 1.65. The molecule has 5 nitrogen and oxygen atoms in total. The third-order valence-corrected chi connectivity index (χ3v) is 6.01. The molecule has 1 amide bonds. The fraction of sp³-hybridized carbons (Fsp3) is 0.706. The van der Waals surface area contributed by atoms with Gasteiger partial charge in [0, 0.05) is 37.7 Å². The molecule has 0 radical (unpaired) electrons. The van der Waals surface area contributed by atoms with E-state index < -0.39 is 0 Å². The van der Waals surface area contributed by atoms with E-state index in [0.29, 0.717) is 18.6 Å². The summed E-state index contributed by atoms with van der Waals surface area (Å²) in [5.41, 5.74) is 0. The molecule has 23 heavy (non-hydrogen) atoms. The van der Waals surface area contributed by atoms with Crippen LogP contribution >= 0.6 is 11.3 Å². The lowest BCUT2D eigenvalue weighted by Crippen LogP contribution is -2.52.